The number of nitrogens with zero attached hydrogens (tertiary/aromatic N) is 5. The summed E-state index contributed by atoms with van der Waals surface area (Å²) in [6, 6.07) is 9.10. The average molecular weight is 486 g/mol. The molecule has 170 valence electrons. The van der Waals surface area contributed by atoms with E-state index in [0.29, 0.717) is 13.1 Å². The second kappa shape index (κ2) is 10.4. The van der Waals surface area contributed by atoms with E-state index in [1.165, 1.54) is 28.6 Å². The van der Waals surface area contributed by atoms with Gasteiger partial charge in [-0.15, -0.1) is 0 Å². The Morgan fingerprint density at radius 1 is 1.12 bits per heavy atom. The minimum atomic E-state index is -3.80. The Balaban J connectivity index is 2.03. The van der Waals surface area contributed by atoms with Crippen LogP contribution in [0.1, 0.15) is 24.2 Å². The normalized spacial score (nSPS) is 12.7. The van der Waals surface area contributed by atoms with Crippen molar-refractivity contribution in [1.82, 2.24) is 13.1 Å². The van der Waals surface area contributed by atoms with Crippen molar-refractivity contribution < 1.29 is 22.7 Å². The van der Waals surface area contributed by atoms with Crippen molar-refractivity contribution >= 4 is 50.2 Å². The summed E-state index contributed by atoms with van der Waals surface area (Å²) in [4.78, 5) is 25.0. The highest BCUT2D eigenvalue weighted by Gasteiger charge is 2.30. The van der Waals surface area contributed by atoms with Crippen molar-refractivity contribution in [2.75, 3.05) is 13.1 Å². The molecule has 0 saturated heterocycles. The SMILES string of the molecule is C#COC(=O)C(/N=N/c1ccc(S(=O)(=O)N(CC)CC)c2nsnc12)C(=O)c1ccccc1. The highest BCUT2D eigenvalue weighted by Crippen LogP contribution is 2.32. The Labute approximate surface area is 194 Å². The molecule has 33 heavy (non-hydrogen) atoms. The summed E-state index contributed by atoms with van der Waals surface area (Å²) in [7, 11) is -3.80. The molecule has 0 spiro atoms. The number of sulfonamides is 1. The number of ketones is 1. The maximum atomic E-state index is 13.0. The lowest BCUT2D eigenvalue weighted by Gasteiger charge is -2.18. The van der Waals surface area contributed by atoms with E-state index in [2.05, 4.69) is 23.7 Å². The summed E-state index contributed by atoms with van der Waals surface area (Å²) in [5.74, 6) is -1.73. The zero-order valence-corrected chi connectivity index (χ0v) is 19.3. The van der Waals surface area contributed by atoms with E-state index in [9.17, 15) is 18.0 Å². The van der Waals surface area contributed by atoms with Crippen LogP contribution in [0.25, 0.3) is 11.0 Å². The second-order valence-corrected chi connectivity index (χ2v) is 8.96. The number of carbonyl (C=O) groups is 2. The number of Topliss-reactive ketones (excluding diaryl/α,β-unsaturated/α-hetero) is 1. The van der Waals surface area contributed by atoms with Gasteiger partial charge in [0.2, 0.25) is 21.8 Å². The molecule has 0 aliphatic carbocycles. The molecule has 1 atom stereocenters. The topological polar surface area (TPSA) is 131 Å². The van der Waals surface area contributed by atoms with E-state index in [0.717, 1.165) is 11.7 Å². The predicted octanol–water partition coefficient (Wildman–Crippen LogP) is 3.19. The molecule has 0 fully saturated rings. The second-order valence-electron chi connectivity index (χ2n) is 6.52. The summed E-state index contributed by atoms with van der Waals surface area (Å²) in [6.45, 7) is 4.05. The van der Waals surface area contributed by atoms with Crippen LogP contribution in [0.15, 0.2) is 57.6 Å². The molecular weight excluding hydrogens is 466 g/mol. The fourth-order valence-electron chi connectivity index (χ4n) is 3.02. The molecule has 0 aliphatic heterocycles. The third-order valence-corrected chi connectivity index (χ3v) is 7.26. The van der Waals surface area contributed by atoms with Gasteiger partial charge >= 0.3 is 5.97 Å². The predicted molar refractivity (Wildman–Crippen MR) is 122 cm³/mol. The van der Waals surface area contributed by atoms with Crippen LogP contribution in [0.5, 0.6) is 0 Å². The maximum absolute atomic E-state index is 13.0. The van der Waals surface area contributed by atoms with Gasteiger partial charge in [-0.3, -0.25) is 4.79 Å². The molecular formula is C21H19N5O5S2. The van der Waals surface area contributed by atoms with E-state index in [4.69, 9.17) is 6.42 Å². The van der Waals surface area contributed by atoms with Gasteiger partial charge in [-0.25, -0.2) is 13.2 Å². The lowest BCUT2D eigenvalue weighted by atomic mass is 10.1. The minimum absolute atomic E-state index is 0.0162. The van der Waals surface area contributed by atoms with Gasteiger partial charge in [0.05, 0.1) is 11.7 Å². The van der Waals surface area contributed by atoms with Gasteiger partial charge in [0, 0.05) is 18.7 Å². The highest BCUT2D eigenvalue weighted by molar-refractivity contribution is 7.89. The number of ether oxygens (including phenoxy) is 1. The van der Waals surface area contributed by atoms with Crippen molar-refractivity contribution in [3.05, 3.63) is 48.0 Å². The van der Waals surface area contributed by atoms with E-state index < -0.39 is 27.8 Å². The first-order valence-electron chi connectivity index (χ1n) is 9.76. The van der Waals surface area contributed by atoms with Gasteiger partial charge in [0.1, 0.15) is 27.7 Å². The first-order valence-corrected chi connectivity index (χ1v) is 11.9. The first-order chi connectivity index (χ1) is 15.8. The van der Waals surface area contributed by atoms with Crippen molar-refractivity contribution in [3.8, 4) is 12.5 Å². The number of hydrogen-bond acceptors (Lipinski definition) is 10. The molecule has 1 heterocycles. The number of rotatable bonds is 9. The van der Waals surface area contributed by atoms with E-state index in [-0.39, 0.29) is 27.2 Å². The van der Waals surface area contributed by atoms with Gasteiger partial charge in [-0.2, -0.15) is 23.3 Å². The first kappa shape index (κ1) is 24.1. The summed E-state index contributed by atoms with van der Waals surface area (Å²) >= 11 is 0.806. The number of esters is 1. The molecule has 0 saturated carbocycles. The maximum Gasteiger partial charge on any atom is 0.354 e. The number of fused-ring (bicyclic) bond motifs is 1. The van der Waals surface area contributed by atoms with E-state index >= 15 is 0 Å². The van der Waals surface area contributed by atoms with Crippen molar-refractivity contribution in [3.63, 3.8) is 0 Å². The number of benzene rings is 2. The Bertz CT molecular complexity index is 1340. The summed E-state index contributed by atoms with van der Waals surface area (Å²) in [5.41, 5.74) is 0.655. The molecule has 0 aliphatic rings. The summed E-state index contributed by atoms with van der Waals surface area (Å²) in [5, 5.41) is 7.86. The van der Waals surface area contributed by atoms with Crippen LogP contribution in [-0.2, 0) is 19.6 Å². The smallest absolute Gasteiger partial charge is 0.354 e. The number of carbonyl (C=O) groups excluding carboxylic acids is 2. The van der Waals surface area contributed by atoms with Crippen LogP contribution in [-0.4, -0.2) is 52.4 Å². The molecule has 3 aromatic rings. The largest absolute Gasteiger partial charge is 0.370 e. The number of aromatic nitrogens is 2. The molecule has 0 N–H and O–H groups in total. The van der Waals surface area contributed by atoms with E-state index in [1.807, 2.05) is 0 Å². The lowest BCUT2D eigenvalue weighted by molar-refractivity contribution is -0.137. The monoisotopic (exact) mass is 485 g/mol. The van der Waals surface area contributed by atoms with Crippen molar-refractivity contribution in [2.45, 2.75) is 24.8 Å². The third-order valence-electron chi connectivity index (χ3n) is 4.65. The fourth-order valence-corrected chi connectivity index (χ4v) is 5.23. The van der Waals surface area contributed by atoms with Gasteiger partial charge in [0.25, 0.3) is 0 Å². The van der Waals surface area contributed by atoms with E-state index in [1.54, 1.807) is 38.2 Å². The number of azo groups is 1. The summed E-state index contributed by atoms with van der Waals surface area (Å²) < 4.78 is 40.0. The molecule has 0 amide bonds. The zero-order chi connectivity index (χ0) is 24.0. The van der Waals surface area contributed by atoms with Gasteiger partial charge in [-0.05, 0) is 12.1 Å². The number of terminal acetylenes is 1. The molecule has 0 radical (unpaired) electrons. The standard InChI is InChI=1S/C21H19N5O5S2/c1-4-26(5-2)33(29,30)16-13-12-15(17-18(16)25-32-24-17)22-23-19(21(28)31-6-3)20(27)14-10-8-7-9-11-14/h3,7-13,19H,4-5H2,1-2H3/b23-22+. The lowest BCUT2D eigenvalue weighted by Crippen LogP contribution is -2.30. The molecule has 12 heteroatoms. The van der Waals surface area contributed by atoms with Crippen LogP contribution < -0.4 is 0 Å². The average Bonchev–Trinajstić information content (AvgIpc) is 3.30. The third kappa shape index (κ3) is 4.95. The fraction of sp³-hybridized carbons (Fsp3) is 0.238. The van der Waals surface area contributed by atoms with Gasteiger partial charge in [-0.1, -0.05) is 50.6 Å². The Morgan fingerprint density at radius 3 is 2.42 bits per heavy atom. The van der Waals surface area contributed by atoms with Crippen LogP contribution >= 0.6 is 11.7 Å². The van der Waals surface area contributed by atoms with Crippen LogP contribution in [0.4, 0.5) is 5.69 Å². The van der Waals surface area contributed by atoms with Gasteiger partial charge < -0.3 is 4.74 Å². The molecule has 2 aromatic carbocycles. The van der Waals surface area contributed by atoms with Crippen LogP contribution in [0.2, 0.25) is 0 Å². The quantitative estimate of drug-likeness (QED) is 0.149. The Morgan fingerprint density at radius 2 is 1.79 bits per heavy atom. The van der Waals surface area contributed by atoms with Gasteiger partial charge in [0.15, 0.2) is 0 Å². The van der Waals surface area contributed by atoms with Crippen molar-refractivity contribution in [1.29, 1.82) is 0 Å². The van der Waals surface area contributed by atoms with Crippen molar-refractivity contribution in [2.24, 2.45) is 10.2 Å². The number of hydrogen-bond donors (Lipinski definition) is 0. The molecule has 3 rings (SSSR count). The minimum Gasteiger partial charge on any atom is -0.370 e. The molecule has 1 aromatic heterocycles. The molecule has 1 unspecified atom stereocenters. The molecule has 0 bridgehead atoms. The summed E-state index contributed by atoms with van der Waals surface area (Å²) in [6.07, 6.45) is 6.75. The zero-order valence-electron chi connectivity index (χ0n) is 17.7. The highest BCUT2D eigenvalue weighted by atomic mass is 32.2. The Hall–Kier alpha value is -3.53. The molecule has 10 nitrogen and oxygen atoms in total. The Kier molecular flexibility index (Phi) is 7.59. The van der Waals surface area contributed by atoms with Crippen LogP contribution in [0, 0.1) is 12.5 Å². The van der Waals surface area contributed by atoms with Crippen LogP contribution in [0.3, 0.4) is 0 Å².